The molecule has 0 saturated carbocycles. The van der Waals surface area contributed by atoms with Crippen LogP contribution in [0.5, 0.6) is 5.75 Å². The third-order valence-corrected chi connectivity index (χ3v) is 7.81. The molecular formula is C28H23I2NO2. The molecule has 0 saturated heterocycles. The second kappa shape index (κ2) is 8.62. The fourth-order valence-corrected chi connectivity index (χ4v) is 7.18. The van der Waals surface area contributed by atoms with E-state index in [4.69, 9.17) is 11.2 Å². The van der Waals surface area contributed by atoms with Crippen LogP contribution in [-0.2, 0) is 4.79 Å². The van der Waals surface area contributed by atoms with E-state index >= 15 is 0 Å². The highest BCUT2D eigenvalue weighted by atomic mass is 127. The molecule has 3 aromatic rings. The second-order valence-electron chi connectivity index (χ2n) is 9.42. The standard InChI is InChI=1S/C28H23I2NO2/c1-4-11-33-27-19(12-17(29)13-21(27)30)26-25-20(14-28(2,3)15-23(25)32)24-18-8-6-5-7-16(18)9-10-22(24)31-26/h1,5-10,12-13,26,31H,11,14-15H2,2-3H3/t26-/m1/s1. The molecule has 2 aliphatic rings. The molecule has 0 fully saturated rings. The molecule has 3 aromatic carbocycles. The van der Waals surface area contributed by atoms with Crippen LogP contribution in [0.25, 0.3) is 16.3 Å². The van der Waals surface area contributed by atoms with Crippen molar-refractivity contribution in [3.63, 3.8) is 0 Å². The Morgan fingerprint density at radius 3 is 2.73 bits per heavy atom. The summed E-state index contributed by atoms with van der Waals surface area (Å²) in [5.41, 5.74) is 5.10. The van der Waals surface area contributed by atoms with E-state index in [1.54, 1.807) is 0 Å². The molecule has 3 nitrogen and oxygen atoms in total. The summed E-state index contributed by atoms with van der Waals surface area (Å²) in [6, 6.07) is 16.6. The summed E-state index contributed by atoms with van der Waals surface area (Å²) in [7, 11) is 0. The number of halogens is 2. The number of rotatable bonds is 3. The summed E-state index contributed by atoms with van der Waals surface area (Å²) < 4.78 is 8.10. The number of Topliss-reactive ketones (excluding diaryl/α,β-unsaturated/α-hetero) is 1. The van der Waals surface area contributed by atoms with Crippen molar-refractivity contribution >= 4 is 73.0 Å². The highest BCUT2D eigenvalue weighted by molar-refractivity contribution is 14.1. The fourth-order valence-electron chi connectivity index (χ4n) is 5.13. The van der Waals surface area contributed by atoms with Gasteiger partial charge in [-0.05, 0) is 91.6 Å². The predicted molar refractivity (Wildman–Crippen MR) is 151 cm³/mol. The van der Waals surface area contributed by atoms with E-state index in [9.17, 15) is 4.79 Å². The number of nitrogens with one attached hydrogen (secondary N) is 1. The van der Waals surface area contributed by atoms with Gasteiger partial charge >= 0.3 is 0 Å². The summed E-state index contributed by atoms with van der Waals surface area (Å²) in [5, 5.41) is 6.08. The van der Waals surface area contributed by atoms with Crippen LogP contribution in [0.1, 0.15) is 43.9 Å². The molecule has 1 atom stereocenters. The van der Waals surface area contributed by atoms with E-state index in [1.165, 1.54) is 10.8 Å². The van der Waals surface area contributed by atoms with Crippen molar-refractivity contribution in [2.45, 2.75) is 32.7 Å². The van der Waals surface area contributed by atoms with Gasteiger partial charge < -0.3 is 10.1 Å². The first kappa shape index (κ1) is 22.7. The maximum Gasteiger partial charge on any atom is 0.162 e. The van der Waals surface area contributed by atoms with Crippen LogP contribution in [-0.4, -0.2) is 12.4 Å². The number of carbonyl (C=O) groups is 1. The van der Waals surface area contributed by atoms with E-state index in [1.807, 2.05) is 0 Å². The zero-order valence-corrected chi connectivity index (χ0v) is 22.8. The van der Waals surface area contributed by atoms with Crippen LogP contribution in [0.2, 0.25) is 0 Å². The summed E-state index contributed by atoms with van der Waals surface area (Å²) in [6.07, 6.45) is 6.89. The van der Waals surface area contributed by atoms with Crippen molar-refractivity contribution in [3.8, 4) is 18.1 Å². The maximum absolute atomic E-state index is 13.7. The van der Waals surface area contributed by atoms with E-state index in [2.05, 4.69) is 119 Å². The number of fused-ring (bicyclic) bond motifs is 4. The fraction of sp³-hybridized carbons (Fsp3) is 0.250. The number of ketones is 1. The zero-order valence-electron chi connectivity index (χ0n) is 18.5. The molecule has 5 heteroatoms. The quantitative estimate of drug-likeness (QED) is 0.236. The Morgan fingerprint density at radius 1 is 1.15 bits per heavy atom. The Kier molecular flexibility index (Phi) is 5.94. The van der Waals surface area contributed by atoms with Gasteiger partial charge in [-0.15, -0.1) is 6.42 Å². The van der Waals surface area contributed by atoms with Gasteiger partial charge in [-0.25, -0.2) is 0 Å². The summed E-state index contributed by atoms with van der Waals surface area (Å²) >= 11 is 4.61. The largest absolute Gasteiger partial charge is 0.479 e. The molecule has 1 aliphatic heterocycles. The van der Waals surface area contributed by atoms with Gasteiger partial charge in [0.2, 0.25) is 0 Å². The number of anilines is 1. The summed E-state index contributed by atoms with van der Waals surface area (Å²) in [4.78, 5) is 13.7. The van der Waals surface area contributed by atoms with Crippen molar-refractivity contribution in [2.75, 3.05) is 11.9 Å². The lowest BCUT2D eigenvalue weighted by Gasteiger charge is -2.40. The first-order valence-electron chi connectivity index (χ1n) is 10.9. The molecule has 0 amide bonds. The molecule has 33 heavy (non-hydrogen) atoms. The summed E-state index contributed by atoms with van der Waals surface area (Å²) in [6.45, 7) is 4.56. The van der Waals surface area contributed by atoms with Crippen molar-refractivity contribution in [1.82, 2.24) is 0 Å². The molecule has 0 spiro atoms. The average molecular weight is 659 g/mol. The van der Waals surface area contributed by atoms with Crippen LogP contribution in [0.15, 0.2) is 54.1 Å². The van der Waals surface area contributed by atoms with E-state index in [0.29, 0.717) is 6.42 Å². The van der Waals surface area contributed by atoms with Gasteiger partial charge in [0, 0.05) is 32.4 Å². The molecule has 0 radical (unpaired) electrons. The van der Waals surface area contributed by atoms with Crippen molar-refractivity contribution in [3.05, 3.63) is 72.4 Å². The lowest BCUT2D eigenvalue weighted by molar-refractivity contribution is -0.118. The van der Waals surface area contributed by atoms with Crippen LogP contribution in [0, 0.1) is 24.9 Å². The van der Waals surface area contributed by atoms with E-state index in [0.717, 1.165) is 47.3 Å². The minimum absolute atomic E-state index is 0.0889. The predicted octanol–water partition coefficient (Wildman–Crippen LogP) is 7.37. The van der Waals surface area contributed by atoms with Gasteiger partial charge in [0.05, 0.1) is 9.61 Å². The number of hydrogen-bond acceptors (Lipinski definition) is 3. The van der Waals surface area contributed by atoms with E-state index < -0.39 is 0 Å². The number of terminal acetylenes is 1. The van der Waals surface area contributed by atoms with Gasteiger partial charge in [-0.2, -0.15) is 0 Å². The molecule has 0 unspecified atom stereocenters. The lowest BCUT2D eigenvalue weighted by Crippen LogP contribution is -2.33. The van der Waals surface area contributed by atoms with Crippen molar-refractivity contribution in [2.24, 2.45) is 5.41 Å². The number of benzene rings is 3. The number of hydrogen-bond donors (Lipinski definition) is 1. The highest BCUT2D eigenvalue weighted by Crippen LogP contribution is 2.53. The number of ether oxygens (including phenoxy) is 1. The second-order valence-corrected chi connectivity index (χ2v) is 11.8. The molecule has 0 aromatic heterocycles. The topological polar surface area (TPSA) is 38.3 Å². The average Bonchev–Trinajstić information content (AvgIpc) is 2.76. The third-order valence-electron chi connectivity index (χ3n) is 6.39. The van der Waals surface area contributed by atoms with Gasteiger partial charge in [0.25, 0.3) is 0 Å². The monoisotopic (exact) mass is 659 g/mol. The van der Waals surface area contributed by atoms with Crippen molar-refractivity contribution < 1.29 is 9.53 Å². The minimum atomic E-state index is -0.284. The Hall–Kier alpha value is -2.05. The first-order valence-corrected chi connectivity index (χ1v) is 13.0. The van der Waals surface area contributed by atoms with Crippen molar-refractivity contribution in [1.29, 1.82) is 0 Å². The smallest absolute Gasteiger partial charge is 0.162 e. The van der Waals surface area contributed by atoms with Gasteiger partial charge in [-0.3, -0.25) is 4.79 Å². The van der Waals surface area contributed by atoms with Crippen LogP contribution in [0.4, 0.5) is 5.69 Å². The Balaban J connectivity index is 1.80. The zero-order chi connectivity index (χ0) is 23.3. The third kappa shape index (κ3) is 4.06. The number of allylic oxidation sites excluding steroid dienone is 1. The van der Waals surface area contributed by atoms with Gasteiger partial charge in [0.1, 0.15) is 12.4 Å². The molecule has 1 N–H and O–H groups in total. The van der Waals surface area contributed by atoms with Gasteiger partial charge in [-0.1, -0.05) is 50.1 Å². The SMILES string of the molecule is C#CCOc1c(I)cc(I)cc1[C@H]1Nc2ccc3ccccc3c2C2=C1C(=O)CC(C)(C)C2. The molecule has 166 valence electrons. The lowest BCUT2D eigenvalue weighted by atomic mass is 9.68. The van der Waals surface area contributed by atoms with Crippen LogP contribution in [0.3, 0.4) is 0 Å². The van der Waals surface area contributed by atoms with Crippen LogP contribution >= 0.6 is 45.2 Å². The first-order chi connectivity index (χ1) is 15.8. The Bertz CT molecular complexity index is 1380. The normalized spacial score (nSPS) is 18.9. The highest BCUT2D eigenvalue weighted by Gasteiger charge is 2.41. The summed E-state index contributed by atoms with van der Waals surface area (Å²) in [5.74, 6) is 3.53. The number of carbonyl (C=O) groups excluding carboxylic acids is 1. The maximum atomic E-state index is 13.7. The molecule has 5 rings (SSSR count). The molecule has 0 bridgehead atoms. The minimum Gasteiger partial charge on any atom is -0.479 e. The van der Waals surface area contributed by atoms with Crippen LogP contribution < -0.4 is 10.1 Å². The molecule has 1 heterocycles. The van der Waals surface area contributed by atoms with Gasteiger partial charge in [0.15, 0.2) is 5.78 Å². The van der Waals surface area contributed by atoms with E-state index in [-0.39, 0.29) is 23.8 Å². The molecular weight excluding hydrogens is 636 g/mol. The molecule has 1 aliphatic carbocycles. The Labute approximate surface area is 221 Å². The Morgan fingerprint density at radius 2 is 1.94 bits per heavy atom.